The first-order valence-corrected chi connectivity index (χ1v) is 8.09. The monoisotopic (exact) mass is 318 g/mol. The number of fused-ring (bicyclic) bond motifs is 1. The summed E-state index contributed by atoms with van der Waals surface area (Å²) < 4.78 is 5.49. The van der Waals surface area contributed by atoms with E-state index in [9.17, 15) is 9.59 Å². The lowest BCUT2D eigenvalue weighted by atomic mass is 9.86. The van der Waals surface area contributed by atoms with Gasteiger partial charge in [-0.1, -0.05) is 33.8 Å². The van der Waals surface area contributed by atoms with Crippen molar-refractivity contribution in [2.24, 2.45) is 0 Å². The third kappa shape index (κ3) is 4.03. The summed E-state index contributed by atoms with van der Waals surface area (Å²) in [7, 11) is 0. The van der Waals surface area contributed by atoms with E-state index in [-0.39, 0.29) is 36.4 Å². The zero-order chi connectivity index (χ0) is 17.2. The second-order valence-electron chi connectivity index (χ2n) is 7.08. The van der Waals surface area contributed by atoms with Gasteiger partial charge in [-0.05, 0) is 36.5 Å². The fraction of sp³-hybridized carbons (Fsp3) is 0.556. The lowest BCUT2D eigenvalue weighted by Gasteiger charge is -2.31. The van der Waals surface area contributed by atoms with E-state index in [1.54, 1.807) is 0 Å². The minimum atomic E-state index is -0.192. The Morgan fingerprint density at radius 2 is 2.09 bits per heavy atom. The number of rotatable bonds is 4. The number of nitrogens with one attached hydrogen (secondary N) is 1. The topological polar surface area (TPSA) is 58.6 Å². The summed E-state index contributed by atoms with van der Waals surface area (Å²) in [6, 6.07) is 5.93. The summed E-state index contributed by atoms with van der Waals surface area (Å²) in [4.78, 5) is 25.9. The van der Waals surface area contributed by atoms with E-state index in [0.29, 0.717) is 11.4 Å². The van der Waals surface area contributed by atoms with Crippen LogP contribution in [0.25, 0.3) is 0 Å². The zero-order valence-corrected chi connectivity index (χ0v) is 14.6. The third-order valence-corrected chi connectivity index (χ3v) is 4.09. The highest BCUT2D eigenvalue weighted by atomic mass is 16.5. The van der Waals surface area contributed by atoms with Crippen LogP contribution in [0, 0.1) is 0 Å². The van der Waals surface area contributed by atoms with Gasteiger partial charge in [0.1, 0.15) is 12.3 Å². The molecule has 0 spiro atoms. The fourth-order valence-electron chi connectivity index (χ4n) is 2.41. The van der Waals surface area contributed by atoms with Crippen LogP contribution >= 0.6 is 0 Å². The normalized spacial score (nSPS) is 15.7. The van der Waals surface area contributed by atoms with Crippen LogP contribution in [0.15, 0.2) is 18.2 Å². The van der Waals surface area contributed by atoms with Crippen LogP contribution in [-0.2, 0) is 15.0 Å². The Balaban J connectivity index is 2.28. The van der Waals surface area contributed by atoms with Gasteiger partial charge >= 0.3 is 0 Å². The SMILES string of the molecule is CCC(C)NC(=O)CN1C(=O)COc2ccc(C(C)(C)C)cc21. The molecular formula is C18H26N2O3. The van der Waals surface area contributed by atoms with Crippen LogP contribution in [0.5, 0.6) is 5.75 Å². The molecular weight excluding hydrogens is 292 g/mol. The lowest BCUT2D eigenvalue weighted by Crippen LogP contribution is -2.46. The van der Waals surface area contributed by atoms with Gasteiger partial charge in [-0.15, -0.1) is 0 Å². The number of anilines is 1. The molecule has 0 radical (unpaired) electrons. The number of hydrogen-bond donors (Lipinski definition) is 1. The van der Waals surface area contributed by atoms with Crippen LogP contribution in [0.4, 0.5) is 5.69 Å². The van der Waals surface area contributed by atoms with Crippen LogP contribution in [0.3, 0.4) is 0 Å². The van der Waals surface area contributed by atoms with Crippen molar-refractivity contribution in [1.82, 2.24) is 5.32 Å². The van der Waals surface area contributed by atoms with Crippen LogP contribution in [-0.4, -0.2) is 31.0 Å². The molecule has 5 nitrogen and oxygen atoms in total. The van der Waals surface area contributed by atoms with Gasteiger partial charge in [0.05, 0.1) is 5.69 Å². The predicted octanol–water partition coefficient (Wildman–Crippen LogP) is 2.62. The summed E-state index contributed by atoms with van der Waals surface area (Å²) in [5.74, 6) is 0.304. The Bertz CT molecular complexity index is 605. The second-order valence-corrected chi connectivity index (χ2v) is 7.08. The fourth-order valence-corrected chi connectivity index (χ4v) is 2.41. The highest BCUT2D eigenvalue weighted by Gasteiger charge is 2.29. The average molecular weight is 318 g/mol. The van der Waals surface area contributed by atoms with Crippen molar-refractivity contribution < 1.29 is 14.3 Å². The summed E-state index contributed by atoms with van der Waals surface area (Å²) in [5, 5.41) is 2.90. The number of ether oxygens (including phenoxy) is 1. The van der Waals surface area contributed by atoms with Crippen LogP contribution in [0.1, 0.15) is 46.6 Å². The van der Waals surface area contributed by atoms with Gasteiger partial charge < -0.3 is 10.1 Å². The number of nitrogens with zero attached hydrogens (tertiary/aromatic N) is 1. The number of carbonyl (C=O) groups is 2. The summed E-state index contributed by atoms with van der Waals surface area (Å²) in [6.07, 6.45) is 0.855. The van der Waals surface area contributed by atoms with Gasteiger partial charge in [-0.25, -0.2) is 0 Å². The maximum absolute atomic E-state index is 12.2. The van der Waals surface area contributed by atoms with Crippen molar-refractivity contribution in [3.63, 3.8) is 0 Å². The highest BCUT2D eigenvalue weighted by molar-refractivity contribution is 6.02. The van der Waals surface area contributed by atoms with Gasteiger partial charge in [0, 0.05) is 6.04 Å². The van der Waals surface area contributed by atoms with E-state index in [2.05, 4.69) is 26.1 Å². The molecule has 1 atom stereocenters. The molecule has 23 heavy (non-hydrogen) atoms. The van der Waals surface area contributed by atoms with E-state index in [0.717, 1.165) is 12.0 Å². The molecule has 5 heteroatoms. The largest absolute Gasteiger partial charge is 0.482 e. The average Bonchev–Trinajstić information content (AvgIpc) is 2.48. The molecule has 1 aromatic carbocycles. The first kappa shape index (κ1) is 17.3. The predicted molar refractivity (Wildman–Crippen MR) is 90.9 cm³/mol. The molecule has 2 amide bonds. The molecule has 1 N–H and O–H groups in total. The molecule has 0 bridgehead atoms. The van der Waals surface area contributed by atoms with Crippen LogP contribution < -0.4 is 15.0 Å². The smallest absolute Gasteiger partial charge is 0.265 e. The van der Waals surface area contributed by atoms with Crippen molar-refractivity contribution in [3.05, 3.63) is 23.8 Å². The summed E-state index contributed by atoms with van der Waals surface area (Å²) in [5.41, 5.74) is 1.73. The summed E-state index contributed by atoms with van der Waals surface area (Å²) >= 11 is 0. The van der Waals surface area contributed by atoms with Crippen molar-refractivity contribution in [1.29, 1.82) is 0 Å². The Morgan fingerprint density at radius 3 is 2.70 bits per heavy atom. The van der Waals surface area contributed by atoms with E-state index < -0.39 is 0 Å². The molecule has 1 aliphatic rings. The van der Waals surface area contributed by atoms with E-state index >= 15 is 0 Å². The maximum atomic E-state index is 12.2. The van der Waals surface area contributed by atoms with Gasteiger partial charge in [0.15, 0.2) is 6.61 Å². The van der Waals surface area contributed by atoms with E-state index in [1.165, 1.54) is 4.90 Å². The first-order valence-electron chi connectivity index (χ1n) is 8.09. The third-order valence-electron chi connectivity index (χ3n) is 4.09. The molecule has 0 aliphatic carbocycles. The standard InChI is InChI=1S/C18H26N2O3/c1-6-12(2)19-16(21)10-20-14-9-13(18(3,4)5)7-8-15(14)23-11-17(20)22/h7-9,12H,6,10-11H2,1-5H3,(H,19,21). The molecule has 126 valence electrons. The zero-order valence-electron chi connectivity index (χ0n) is 14.6. The molecule has 0 aromatic heterocycles. The van der Waals surface area contributed by atoms with Gasteiger partial charge in [-0.3, -0.25) is 14.5 Å². The van der Waals surface area contributed by atoms with Crippen LogP contribution in [0.2, 0.25) is 0 Å². The molecule has 1 aromatic rings. The molecule has 0 saturated carbocycles. The first-order chi connectivity index (χ1) is 10.7. The Kier molecular flexibility index (Phi) is 4.97. The Hall–Kier alpha value is -2.04. The van der Waals surface area contributed by atoms with E-state index in [4.69, 9.17) is 4.74 Å². The number of benzene rings is 1. The Labute approximate surface area is 138 Å². The maximum Gasteiger partial charge on any atom is 0.265 e. The van der Waals surface area contributed by atoms with Gasteiger partial charge in [0.2, 0.25) is 5.91 Å². The molecule has 0 fully saturated rings. The summed E-state index contributed by atoms with van der Waals surface area (Å²) in [6.45, 7) is 10.3. The van der Waals surface area contributed by atoms with Crippen molar-refractivity contribution in [3.8, 4) is 5.75 Å². The lowest BCUT2D eigenvalue weighted by molar-refractivity contribution is -0.125. The Morgan fingerprint density at radius 1 is 1.39 bits per heavy atom. The van der Waals surface area contributed by atoms with Gasteiger partial charge in [0.25, 0.3) is 5.91 Å². The van der Waals surface area contributed by atoms with Crippen molar-refractivity contribution >= 4 is 17.5 Å². The van der Waals surface area contributed by atoms with E-state index in [1.807, 2.05) is 32.0 Å². The van der Waals surface area contributed by atoms with Crippen molar-refractivity contribution in [2.45, 2.75) is 52.5 Å². The number of carbonyl (C=O) groups excluding carboxylic acids is 2. The quantitative estimate of drug-likeness (QED) is 0.928. The molecule has 0 saturated heterocycles. The molecule has 2 rings (SSSR count). The second kappa shape index (κ2) is 6.60. The molecule has 1 heterocycles. The number of hydrogen-bond acceptors (Lipinski definition) is 3. The minimum Gasteiger partial charge on any atom is -0.482 e. The number of amides is 2. The van der Waals surface area contributed by atoms with Gasteiger partial charge in [-0.2, -0.15) is 0 Å². The molecule has 1 unspecified atom stereocenters. The van der Waals surface area contributed by atoms with Crippen molar-refractivity contribution in [2.75, 3.05) is 18.1 Å². The highest BCUT2D eigenvalue weighted by Crippen LogP contribution is 2.36. The minimum absolute atomic E-state index is 0.0210. The molecule has 1 aliphatic heterocycles.